The molecule has 0 aliphatic heterocycles. The molecule has 140 valence electrons. The number of hydrogen-bond donors (Lipinski definition) is 1. The number of nitrogens with one attached hydrogen (secondary N) is 1. The first kappa shape index (κ1) is 18.9. The first-order valence-corrected chi connectivity index (χ1v) is 9.31. The maximum atomic E-state index is 5.83. The van der Waals surface area contributed by atoms with Crippen LogP contribution in [0.25, 0.3) is 11.1 Å². The number of hydrogen-bond acceptors (Lipinski definition) is 4. The van der Waals surface area contributed by atoms with Crippen LogP contribution in [0, 0.1) is 0 Å². The van der Waals surface area contributed by atoms with Crippen LogP contribution in [-0.2, 0) is 13.1 Å². The van der Waals surface area contributed by atoms with E-state index in [2.05, 4.69) is 41.5 Å². The lowest BCUT2D eigenvalue weighted by molar-refractivity contribution is 0.313. The van der Waals surface area contributed by atoms with Crippen LogP contribution in [0.1, 0.15) is 24.5 Å². The van der Waals surface area contributed by atoms with Gasteiger partial charge in [-0.15, -0.1) is 0 Å². The zero-order chi connectivity index (χ0) is 18.9. The van der Waals surface area contributed by atoms with E-state index in [1.165, 1.54) is 0 Å². The Labute approximate surface area is 161 Å². The van der Waals surface area contributed by atoms with Gasteiger partial charge in [0.2, 0.25) is 5.88 Å². The third-order valence-electron chi connectivity index (χ3n) is 4.29. The molecule has 0 amide bonds. The van der Waals surface area contributed by atoms with E-state index in [0.29, 0.717) is 12.4 Å². The lowest BCUT2D eigenvalue weighted by atomic mass is 10.1. The predicted octanol–water partition coefficient (Wildman–Crippen LogP) is 4.84. The Morgan fingerprint density at radius 2 is 1.63 bits per heavy atom. The van der Waals surface area contributed by atoms with Crippen molar-refractivity contribution in [3.8, 4) is 22.8 Å². The number of aromatic nitrogens is 1. The van der Waals surface area contributed by atoms with Gasteiger partial charge in [-0.05, 0) is 24.1 Å². The smallest absolute Gasteiger partial charge is 0.217 e. The van der Waals surface area contributed by atoms with Crippen LogP contribution in [0.15, 0.2) is 66.9 Å². The van der Waals surface area contributed by atoms with E-state index in [-0.39, 0.29) is 0 Å². The molecule has 3 rings (SSSR count). The lowest BCUT2D eigenvalue weighted by Gasteiger charge is -2.13. The molecule has 0 unspecified atom stereocenters. The van der Waals surface area contributed by atoms with Crippen molar-refractivity contribution >= 4 is 0 Å². The van der Waals surface area contributed by atoms with E-state index in [0.717, 1.165) is 47.6 Å². The van der Waals surface area contributed by atoms with Crippen molar-refractivity contribution in [1.29, 1.82) is 0 Å². The van der Waals surface area contributed by atoms with Gasteiger partial charge < -0.3 is 14.8 Å². The van der Waals surface area contributed by atoms with E-state index < -0.39 is 0 Å². The summed E-state index contributed by atoms with van der Waals surface area (Å²) in [5.74, 6) is 1.59. The molecule has 0 aliphatic carbocycles. The summed E-state index contributed by atoms with van der Waals surface area (Å²) < 4.78 is 11.3. The Hall–Kier alpha value is -2.85. The van der Waals surface area contributed by atoms with Crippen molar-refractivity contribution < 1.29 is 9.47 Å². The normalized spacial score (nSPS) is 10.6. The molecule has 4 nitrogen and oxygen atoms in total. The maximum absolute atomic E-state index is 5.83. The first-order valence-electron chi connectivity index (χ1n) is 9.31. The number of ether oxygens (including phenoxy) is 2. The molecule has 0 saturated carbocycles. The van der Waals surface area contributed by atoms with Crippen molar-refractivity contribution in [2.45, 2.75) is 26.4 Å². The topological polar surface area (TPSA) is 43.4 Å². The second-order valence-electron chi connectivity index (χ2n) is 6.32. The molecule has 0 atom stereocenters. The lowest BCUT2D eigenvalue weighted by Crippen LogP contribution is -2.15. The van der Waals surface area contributed by atoms with Crippen molar-refractivity contribution in [2.24, 2.45) is 0 Å². The largest absolute Gasteiger partial charge is 0.493 e. The maximum Gasteiger partial charge on any atom is 0.217 e. The molecule has 27 heavy (non-hydrogen) atoms. The Balaban J connectivity index is 1.71. The third kappa shape index (κ3) is 5.08. The summed E-state index contributed by atoms with van der Waals surface area (Å²) in [6.07, 6.45) is 2.85. The molecule has 2 aromatic carbocycles. The van der Waals surface area contributed by atoms with E-state index in [1.54, 1.807) is 7.11 Å². The summed E-state index contributed by atoms with van der Waals surface area (Å²) in [6, 6.07) is 20.5. The molecule has 0 fully saturated rings. The molecular formula is C23H26N2O2. The number of nitrogens with zero attached hydrogens (tertiary/aromatic N) is 1. The minimum atomic E-state index is 0.651. The number of rotatable bonds is 9. The van der Waals surface area contributed by atoms with Gasteiger partial charge in [-0.3, -0.25) is 0 Å². The molecule has 0 radical (unpaired) electrons. The summed E-state index contributed by atoms with van der Waals surface area (Å²) in [5.41, 5.74) is 4.41. The predicted molar refractivity (Wildman–Crippen MR) is 109 cm³/mol. The number of pyridine rings is 1. The highest BCUT2D eigenvalue weighted by molar-refractivity contribution is 5.63. The second-order valence-corrected chi connectivity index (χ2v) is 6.32. The summed E-state index contributed by atoms with van der Waals surface area (Å²) in [7, 11) is 1.65. The molecule has 3 aromatic rings. The summed E-state index contributed by atoms with van der Waals surface area (Å²) in [6.45, 7) is 4.23. The zero-order valence-corrected chi connectivity index (χ0v) is 15.9. The van der Waals surface area contributed by atoms with Crippen molar-refractivity contribution in [1.82, 2.24) is 10.3 Å². The highest BCUT2D eigenvalue weighted by Gasteiger charge is 2.08. The summed E-state index contributed by atoms with van der Waals surface area (Å²) in [4.78, 5) is 4.47. The molecule has 0 saturated heterocycles. The van der Waals surface area contributed by atoms with Crippen LogP contribution in [-0.4, -0.2) is 18.7 Å². The highest BCUT2D eigenvalue weighted by Crippen LogP contribution is 2.24. The molecule has 1 heterocycles. The Bertz CT molecular complexity index is 850. The van der Waals surface area contributed by atoms with E-state index in [1.807, 2.05) is 42.6 Å². The molecule has 4 heteroatoms. The Morgan fingerprint density at radius 3 is 2.41 bits per heavy atom. The van der Waals surface area contributed by atoms with Crippen molar-refractivity contribution in [2.75, 3.05) is 13.7 Å². The van der Waals surface area contributed by atoms with E-state index in [4.69, 9.17) is 9.47 Å². The van der Waals surface area contributed by atoms with Gasteiger partial charge in [0.25, 0.3) is 0 Å². The van der Waals surface area contributed by atoms with Gasteiger partial charge in [0.15, 0.2) is 0 Å². The van der Waals surface area contributed by atoms with Crippen molar-refractivity contribution in [3.05, 3.63) is 78.0 Å². The quantitative estimate of drug-likeness (QED) is 0.592. The van der Waals surface area contributed by atoms with Gasteiger partial charge in [-0.1, -0.05) is 55.5 Å². The van der Waals surface area contributed by atoms with Crippen LogP contribution in [0.5, 0.6) is 11.6 Å². The molecule has 1 aromatic heterocycles. The van der Waals surface area contributed by atoms with Gasteiger partial charge in [-0.25, -0.2) is 4.98 Å². The molecule has 0 spiro atoms. The van der Waals surface area contributed by atoms with Crippen LogP contribution in [0.4, 0.5) is 0 Å². The molecular weight excluding hydrogens is 336 g/mol. The minimum Gasteiger partial charge on any atom is -0.493 e. The number of benzene rings is 2. The fourth-order valence-electron chi connectivity index (χ4n) is 2.93. The second kappa shape index (κ2) is 9.74. The molecule has 1 N–H and O–H groups in total. The molecule has 0 aliphatic rings. The van der Waals surface area contributed by atoms with Gasteiger partial charge in [-0.2, -0.15) is 0 Å². The zero-order valence-electron chi connectivity index (χ0n) is 15.9. The van der Waals surface area contributed by atoms with Crippen LogP contribution in [0.2, 0.25) is 0 Å². The van der Waals surface area contributed by atoms with Gasteiger partial charge in [0, 0.05) is 36.0 Å². The van der Waals surface area contributed by atoms with Gasteiger partial charge in [0.1, 0.15) is 5.75 Å². The SMILES string of the molecule is CCCOc1ccccc1CNCc1cc(-c2ccccc2)cnc1OC. The monoisotopic (exact) mass is 362 g/mol. The van der Waals surface area contributed by atoms with Crippen LogP contribution >= 0.6 is 0 Å². The fourth-order valence-corrected chi connectivity index (χ4v) is 2.93. The van der Waals surface area contributed by atoms with Crippen molar-refractivity contribution in [3.63, 3.8) is 0 Å². The Kier molecular flexibility index (Phi) is 6.83. The fraction of sp³-hybridized carbons (Fsp3) is 0.261. The van der Waals surface area contributed by atoms with E-state index in [9.17, 15) is 0 Å². The summed E-state index contributed by atoms with van der Waals surface area (Å²) in [5, 5.41) is 3.49. The molecule has 0 bridgehead atoms. The average Bonchev–Trinajstić information content (AvgIpc) is 2.73. The third-order valence-corrected chi connectivity index (χ3v) is 4.29. The number of methoxy groups -OCH3 is 1. The van der Waals surface area contributed by atoms with Crippen LogP contribution in [0.3, 0.4) is 0 Å². The average molecular weight is 362 g/mol. The highest BCUT2D eigenvalue weighted by atomic mass is 16.5. The van der Waals surface area contributed by atoms with Gasteiger partial charge in [0.05, 0.1) is 13.7 Å². The van der Waals surface area contributed by atoms with E-state index >= 15 is 0 Å². The first-order chi connectivity index (χ1) is 13.3. The Morgan fingerprint density at radius 1 is 0.889 bits per heavy atom. The van der Waals surface area contributed by atoms with Crippen LogP contribution < -0.4 is 14.8 Å². The standard InChI is InChI=1S/C23H26N2O2/c1-3-13-27-22-12-8-7-11-19(22)15-24-16-21-14-20(17-25-23(21)26-2)18-9-5-4-6-10-18/h4-12,14,17,24H,3,13,15-16H2,1-2H3. The summed E-state index contributed by atoms with van der Waals surface area (Å²) >= 11 is 0. The minimum absolute atomic E-state index is 0.651. The van der Waals surface area contributed by atoms with Gasteiger partial charge >= 0.3 is 0 Å². The number of para-hydroxylation sites is 1.